The Bertz CT molecular complexity index is 466. The van der Waals surface area contributed by atoms with Crippen LogP contribution < -0.4 is 3.58 Å². The number of rotatable bonds is 3. The second kappa shape index (κ2) is 5.35. The Morgan fingerprint density at radius 3 is 1.81 bits per heavy atom. The second-order valence-corrected chi connectivity index (χ2v) is 6.73. The van der Waals surface area contributed by atoms with Crippen molar-refractivity contribution in [2.45, 2.75) is 4.94 Å². The van der Waals surface area contributed by atoms with Crippen LogP contribution in [-0.4, -0.2) is 21.1 Å². The normalized spacial score (nSPS) is 10.1. The molecule has 0 aliphatic carbocycles. The van der Waals surface area contributed by atoms with Gasteiger partial charge in [0.2, 0.25) is 0 Å². The Hall–Kier alpha value is -1.02. The molecular formula is C15H14Sn. The summed E-state index contributed by atoms with van der Waals surface area (Å²) in [4.78, 5) is 2.34. The van der Waals surface area contributed by atoms with Crippen LogP contribution in [0.1, 0.15) is 5.56 Å². The summed E-state index contributed by atoms with van der Waals surface area (Å²) in [5.74, 6) is 0. The van der Waals surface area contributed by atoms with E-state index in [0.29, 0.717) is 0 Å². The molecule has 0 N–H and O–H groups in total. The minimum absolute atomic E-state index is 0.279. The van der Waals surface area contributed by atoms with Crippen molar-refractivity contribution in [3.8, 4) is 11.1 Å². The molecule has 0 heterocycles. The third-order valence-corrected chi connectivity index (χ3v) is 5.25. The maximum absolute atomic E-state index is 3.76. The van der Waals surface area contributed by atoms with Crippen LogP contribution in [0.2, 0.25) is 4.94 Å². The van der Waals surface area contributed by atoms with Gasteiger partial charge in [-0.3, -0.25) is 0 Å². The van der Waals surface area contributed by atoms with Gasteiger partial charge in [-0.1, -0.05) is 0 Å². The predicted molar refractivity (Wildman–Crippen MR) is 73.2 cm³/mol. The van der Waals surface area contributed by atoms with Crippen molar-refractivity contribution < 1.29 is 0 Å². The van der Waals surface area contributed by atoms with E-state index in [2.05, 4.69) is 60.0 Å². The van der Waals surface area contributed by atoms with Gasteiger partial charge in [0.05, 0.1) is 0 Å². The van der Waals surface area contributed by atoms with Gasteiger partial charge in [0, 0.05) is 0 Å². The Labute approximate surface area is 107 Å². The molecule has 0 aliphatic heterocycles. The van der Waals surface area contributed by atoms with Crippen LogP contribution in [0.4, 0.5) is 0 Å². The standard InChI is InChI=1S/C14H11.CH3.Sn/c1-2-12-8-10-14(11-9-12)13-6-4-3-5-7-13;;/h2,4-11H,1H2;1H3;. The number of hydrogen-bond donors (Lipinski definition) is 0. The fourth-order valence-corrected chi connectivity index (χ4v) is 3.07. The van der Waals surface area contributed by atoms with Crippen molar-refractivity contribution >= 4 is 30.8 Å². The fraction of sp³-hybridized carbons (Fsp3) is 0.0667. The van der Waals surface area contributed by atoms with E-state index in [1.807, 2.05) is 6.08 Å². The van der Waals surface area contributed by atoms with E-state index in [9.17, 15) is 0 Å². The Balaban J connectivity index is 2.31. The zero-order valence-electron chi connectivity index (χ0n) is 9.40. The van der Waals surface area contributed by atoms with Crippen molar-refractivity contribution in [3.05, 3.63) is 60.7 Å². The summed E-state index contributed by atoms with van der Waals surface area (Å²) in [7, 11) is 0. The third-order valence-electron chi connectivity index (χ3n) is 2.65. The number of benzene rings is 2. The van der Waals surface area contributed by atoms with Gasteiger partial charge in [-0.05, 0) is 0 Å². The van der Waals surface area contributed by atoms with Gasteiger partial charge in [-0.2, -0.15) is 0 Å². The van der Waals surface area contributed by atoms with Crippen molar-refractivity contribution in [3.63, 3.8) is 0 Å². The van der Waals surface area contributed by atoms with Crippen LogP contribution in [0.15, 0.2) is 55.1 Å². The van der Waals surface area contributed by atoms with Crippen LogP contribution in [0.5, 0.6) is 0 Å². The molecule has 0 saturated heterocycles. The summed E-state index contributed by atoms with van der Waals surface area (Å²) in [5.41, 5.74) is 3.74. The summed E-state index contributed by atoms with van der Waals surface area (Å²) in [6, 6.07) is 17.5. The van der Waals surface area contributed by atoms with Gasteiger partial charge >= 0.3 is 108 Å². The van der Waals surface area contributed by atoms with E-state index in [1.165, 1.54) is 16.7 Å². The molecule has 2 radical (unpaired) electrons. The molecule has 0 unspecified atom stereocenters. The van der Waals surface area contributed by atoms with Crippen molar-refractivity contribution in [2.24, 2.45) is 0 Å². The monoisotopic (exact) mass is 314 g/mol. The summed E-state index contributed by atoms with van der Waals surface area (Å²) in [5, 5.41) is 0. The van der Waals surface area contributed by atoms with E-state index in [1.54, 1.807) is 3.58 Å². The van der Waals surface area contributed by atoms with Gasteiger partial charge < -0.3 is 0 Å². The van der Waals surface area contributed by atoms with Crippen molar-refractivity contribution in [1.29, 1.82) is 0 Å². The van der Waals surface area contributed by atoms with Gasteiger partial charge in [0.1, 0.15) is 0 Å². The molecule has 0 fully saturated rings. The fourth-order valence-electron chi connectivity index (χ4n) is 1.64. The SMILES string of the molecule is C=Cc1ccc(-c2cc[c]([Sn][CH3])cc2)cc1. The van der Waals surface area contributed by atoms with Crippen molar-refractivity contribution in [2.75, 3.05) is 0 Å². The second-order valence-electron chi connectivity index (χ2n) is 3.65. The zero-order valence-corrected chi connectivity index (χ0v) is 12.3. The first-order valence-corrected chi connectivity index (χ1v) is 9.62. The molecule has 0 spiro atoms. The molecule has 0 saturated carbocycles. The molecule has 1 heteroatoms. The van der Waals surface area contributed by atoms with Crippen LogP contribution in [0.3, 0.4) is 0 Å². The first kappa shape index (κ1) is 11.5. The molecule has 0 amide bonds. The first-order chi connectivity index (χ1) is 7.83. The maximum atomic E-state index is 3.76. The average Bonchev–Trinajstić information content (AvgIpc) is 2.39. The minimum atomic E-state index is -0.279. The Kier molecular flexibility index (Phi) is 3.83. The van der Waals surface area contributed by atoms with Crippen molar-refractivity contribution in [1.82, 2.24) is 0 Å². The quantitative estimate of drug-likeness (QED) is 0.762. The van der Waals surface area contributed by atoms with E-state index in [-0.39, 0.29) is 21.1 Å². The van der Waals surface area contributed by atoms with Crippen LogP contribution in [0.25, 0.3) is 17.2 Å². The summed E-state index contributed by atoms with van der Waals surface area (Å²) >= 11 is -0.279. The van der Waals surface area contributed by atoms with Crippen LogP contribution >= 0.6 is 0 Å². The van der Waals surface area contributed by atoms with E-state index < -0.39 is 0 Å². The Morgan fingerprint density at radius 1 is 0.875 bits per heavy atom. The third kappa shape index (κ3) is 2.56. The average molecular weight is 313 g/mol. The molecule has 0 bridgehead atoms. The van der Waals surface area contributed by atoms with Gasteiger partial charge in [-0.25, -0.2) is 0 Å². The van der Waals surface area contributed by atoms with Gasteiger partial charge in [-0.15, -0.1) is 0 Å². The first-order valence-electron chi connectivity index (χ1n) is 5.34. The summed E-state index contributed by atoms with van der Waals surface area (Å²) in [6.45, 7) is 3.76. The molecule has 0 aromatic heterocycles. The van der Waals surface area contributed by atoms with Gasteiger partial charge in [0.25, 0.3) is 0 Å². The Morgan fingerprint density at radius 2 is 1.38 bits per heavy atom. The van der Waals surface area contributed by atoms with Crippen LogP contribution in [0, 0.1) is 0 Å². The molecule has 78 valence electrons. The van der Waals surface area contributed by atoms with Gasteiger partial charge in [0.15, 0.2) is 0 Å². The molecule has 2 aromatic rings. The topological polar surface area (TPSA) is 0 Å². The molecule has 2 rings (SSSR count). The molecule has 2 aromatic carbocycles. The van der Waals surface area contributed by atoms with Crippen LogP contribution in [-0.2, 0) is 0 Å². The van der Waals surface area contributed by atoms with E-state index in [0.717, 1.165) is 0 Å². The predicted octanol–water partition coefficient (Wildman–Crippen LogP) is 3.37. The summed E-state index contributed by atoms with van der Waals surface area (Å²) in [6.07, 6.45) is 1.87. The molecule has 0 nitrogen and oxygen atoms in total. The summed E-state index contributed by atoms with van der Waals surface area (Å²) < 4.78 is 1.55. The zero-order chi connectivity index (χ0) is 11.4. The molecule has 0 atom stereocenters. The molecular weight excluding hydrogens is 299 g/mol. The van der Waals surface area contributed by atoms with E-state index in [4.69, 9.17) is 0 Å². The van der Waals surface area contributed by atoms with E-state index >= 15 is 0 Å². The number of hydrogen-bond acceptors (Lipinski definition) is 0. The molecule has 0 aliphatic rings. The molecule has 16 heavy (non-hydrogen) atoms.